The van der Waals surface area contributed by atoms with Crippen LogP contribution in [0.4, 0.5) is 0 Å². The molecule has 29 heavy (non-hydrogen) atoms. The molecular formula is C23H25N5O. The van der Waals surface area contributed by atoms with Gasteiger partial charge in [0.1, 0.15) is 11.4 Å². The number of methoxy groups -OCH3 is 1. The lowest BCUT2D eigenvalue weighted by Gasteiger charge is -2.25. The first-order valence-electron chi connectivity index (χ1n) is 10.0. The van der Waals surface area contributed by atoms with Gasteiger partial charge in [-0.15, -0.1) is 0 Å². The number of benzene rings is 1. The Hall–Kier alpha value is -3.12. The van der Waals surface area contributed by atoms with Crippen LogP contribution < -0.4 is 10.1 Å². The minimum Gasteiger partial charge on any atom is -0.496 e. The third kappa shape index (κ3) is 3.09. The van der Waals surface area contributed by atoms with Gasteiger partial charge in [0.2, 0.25) is 0 Å². The minimum atomic E-state index is 0.109. The van der Waals surface area contributed by atoms with Crippen molar-refractivity contribution in [1.29, 1.82) is 0 Å². The van der Waals surface area contributed by atoms with Crippen molar-refractivity contribution < 1.29 is 4.74 Å². The molecule has 0 amide bonds. The Labute approximate surface area is 169 Å². The Kier molecular flexibility index (Phi) is 4.36. The Morgan fingerprint density at radius 1 is 1.21 bits per heavy atom. The molecule has 6 heteroatoms. The van der Waals surface area contributed by atoms with Gasteiger partial charge in [-0.1, -0.05) is 6.07 Å². The number of rotatable bonds is 4. The summed E-state index contributed by atoms with van der Waals surface area (Å²) in [4.78, 5) is 8.06. The SMILES string of the molecule is COc1ccc([C@H]2NCCc3c2[nH]c2ncccc32)cc1Cn1nc(C)cc1C. The lowest BCUT2D eigenvalue weighted by molar-refractivity contribution is 0.406. The third-order valence-electron chi connectivity index (χ3n) is 5.78. The summed E-state index contributed by atoms with van der Waals surface area (Å²) in [6, 6.07) is 12.8. The van der Waals surface area contributed by atoms with E-state index in [1.165, 1.54) is 22.2 Å². The summed E-state index contributed by atoms with van der Waals surface area (Å²) in [5.74, 6) is 0.885. The zero-order valence-electron chi connectivity index (χ0n) is 17.0. The summed E-state index contributed by atoms with van der Waals surface area (Å²) >= 11 is 0. The quantitative estimate of drug-likeness (QED) is 0.561. The predicted octanol–water partition coefficient (Wildman–Crippen LogP) is 3.67. The van der Waals surface area contributed by atoms with Crippen molar-refractivity contribution >= 4 is 11.0 Å². The van der Waals surface area contributed by atoms with E-state index in [1.54, 1.807) is 7.11 Å². The van der Waals surface area contributed by atoms with E-state index in [9.17, 15) is 0 Å². The van der Waals surface area contributed by atoms with E-state index in [0.29, 0.717) is 6.54 Å². The highest BCUT2D eigenvalue weighted by Crippen LogP contribution is 2.34. The number of nitrogens with one attached hydrogen (secondary N) is 2. The average molecular weight is 387 g/mol. The maximum atomic E-state index is 5.64. The summed E-state index contributed by atoms with van der Waals surface area (Å²) in [6.07, 6.45) is 2.85. The molecule has 0 saturated carbocycles. The predicted molar refractivity (Wildman–Crippen MR) is 113 cm³/mol. The number of aryl methyl sites for hydroxylation is 2. The second-order valence-corrected chi connectivity index (χ2v) is 7.71. The Morgan fingerprint density at radius 2 is 2.10 bits per heavy atom. The largest absolute Gasteiger partial charge is 0.496 e. The number of hydrogen-bond donors (Lipinski definition) is 2. The maximum absolute atomic E-state index is 5.64. The standard InChI is InChI=1S/C23H25N5O/c1-14-11-15(2)28(27-14)13-17-12-16(6-7-20(17)29-3)21-22-18(8-10-24-21)19-5-4-9-25-23(19)26-22/h4-7,9,11-12,21,24H,8,10,13H2,1-3H3,(H,25,26)/t21-/m1/s1. The van der Waals surface area contributed by atoms with Crippen LogP contribution in [0.5, 0.6) is 5.75 Å². The summed E-state index contributed by atoms with van der Waals surface area (Å²) in [5.41, 5.74) is 8.06. The first-order valence-corrected chi connectivity index (χ1v) is 10.0. The van der Waals surface area contributed by atoms with Crippen molar-refractivity contribution in [3.8, 4) is 5.75 Å². The van der Waals surface area contributed by atoms with Gasteiger partial charge in [-0.25, -0.2) is 4.98 Å². The number of aromatic nitrogens is 4. The van der Waals surface area contributed by atoms with Crippen molar-refractivity contribution in [3.05, 3.63) is 76.4 Å². The normalized spacial score (nSPS) is 16.2. The molecule has 148 valence electrons. The fraction of sp³-hybridized carbons (Fsp3) is 0.304. The zero-order valence-corrected chi connectivity index (χ0v) is 17.0. The molecule has 0 bridgehead atoms. The van der Waals surface area contributed by atoms with Crippen LogP contribution in [0.2, 0.25) is 0 Å². The molecule has 6 nitrogen and oxygen atoms in total. The lowest BCUT2D eigenvalue weighted by Crippen LogP contribution is -2.30. The van der Waals surface area contributed by atoms with Gasteiger partial charge in [-0.3, -0.25) is 4.68 Å². The zero-order chi connectivity index (χ0) is 20.0. The van der Waals surface area contributed by atoms with Crippen LogP contribution in [0.3, 0.4) is 0 Å². The van der Waals surface area contributed by atoms with Crippen LogP contribution in [0, 0.1) is 13.8 Å². The fourth-order valence-electron chi connectivity index (χ4n) is 4.44. The number of pyridine rings is 1. The fourth-order valence-corrected chi connectivity index (χ4v) is 4.44. The van der Waals surface area contributed by atoms with Gasteiger partial charge in [-0.2, -0.15) is 5.10 Å². The topological polar surface area (TPSA) is 67.8 Å². The van der Waals surface area contributed by atoms with Crippen LogP contribution in [0.15, 0.2) is 42.6 Å². The van der Waals surface area contributed by atoms with E-state index in [2.05, 4.69) is 57.6 Å². The van der Waals surface area contributed by atoms with E-state index in [4.69, 9.17) is 4.74 Å². The molecule has 4 aromatic rings. The van der Waals surface area contributed by atoms with Crippen molar-refractivity contribution in [2.75, 3.05) is 13.7 Å². The molecule has 4 heterocycles. The van der Waals surface area contributed by atoms with Crippen molar-refractivity contribution in [2.45, 2.75) is 32.9 Å². The Morgan fingerprint density at radius 3 is 2.90 bits per heavy atom. The van der Waals surface area contributed by atoms with Crippen LogP contribution >= 0.6 is 0 Å². The molecule has 1 aliphatic rings. The van der Waals surface area contributed by atoms with Crippen molar-refractivity contribution in [2.24, 2.45) is 0 Å². The van der Waals surface area contributed by atoms with E-state index in [1.807, 2.05) is 23.9 Å². The molecule has 3 aromatic heterocycles. The number of aromatic amines is 1. The monoisotopic (exact) mass is 387 g/mol. The highest BCUT2D eigenvalue weighted by molar-refractivity contribution is 5.82. The number of ether oxygens (including phenoxy) is 1. The van der Waals surface area contributed by atoms with Gasteiger partial charge in [0.15, 0.2) is 0 Å². The molecule has 2 N–H and O–H groups in total. The summed E-state index contributed by atoms with van der Waals surface area (Å²) in [7, 11) is 1.72. The molecule has 0 radical (unpaired) electrons. The molecule has 0 spiro atoms. The molecule has 0 unspecified atom stereocenters. The molecule has 1 aromatic carbocycles. The van der Waals surface area contributed by atoms with Gasteiger partial charge in [0.25, 0.3) is 0 Å². The van der Waals surface area contributed by atoms with Gasteiger partial charge in [-0.05, 0) is 61.7 Å². The number of nitrogens with zero attached hydrogens (tertiary/aromatic N) is 3. The Balaban J connectivity index is 1.56. The smallest absolute Gasteiger partial charge is 0.137 e. The van der Waals surface area contributed by atoms with Crippen molar-refractivity contribution in [1.82, 2.24) is 25.1 Å². The van der Waals surface area contributed by atoms with Crippen LogP contribution in [-0.2, 0) is 13.0 Å². The van der Waals surface area contributed by atoms with E-state index in [0.717, 1.165) is 41.3 Å². The maximum Gasteiger partial charge on any atom is 0.137 e. The lowest BCUT2D eigenvalue weighted by atomic mass is 9.93. The second kappa shape index (κ2) is 7.04. The molecule has 0 saturated heterocycles. The average Bonchev–Trinajstić information content (AvgIpc) is 3.26. The number of H-pyrrole nitrogens is 1. The van der Waals surface area contributed by atoms with E-state index >= 15 is 0 Å². The summed E-state index contributed by atoms with van der Waals surface area (Å²) < 4.78 is 7.68. The molecule has 0 aliphatic carbocycles. The number of fused-ring (bicyclic) bond motifs is 3. The molecule has 1 atom stereocenters. The number of hydrogen-bond acceptors (Lipinski definition) is 4. The van der Waals surface area contributed by atoms with E-state index < -0.39 is 0 Å². The molecule has 5 rings (SSSR count). The van der Waals surface area contributed by atoms with Crippen LogP contribution in [0.1, 0.15) is 39.8 Å². The van der Waals surface area contributed by atoms with Crippen LogP contribution in [-0.4, -0.2) is 33.4 Å². The second-order valence-electron chi connectivity index (χ2n) is 7.71. The summed E-state index contributed by atoms with van der Waals surface area (Å²) in [6.45, 7) is 5.74. The van der Waals surface area contributed by atoms with E-state index in [-0.39, 0.29) is 6.04 Å². The van der Waals surface area contributed by atoms with Crippen molar-refractivity contribution in [3.63, 3.8) is 0 Å². The summed E-state index contributed by atoms with van der Waals surface area (Å²) in [5, 5.41) is 9.52. The highest BCUT2D eigenvalue weighted by atomic mass is 16.5. The Bertz CT molecular complexity index is 1190. The molecular weight excluding hydrogens is 362 g/mol. The van der Waals surface area contributed by atoms with Gasteiger partial charge in [0.05, 0.1) is 25.4 Å². The third-order valence-corrected chi connectivity index (χ3v) is 5.78. The first-order chi connectivity index (χ1) is 14.1. The first kappa shape index (κ1) is 17.9. The van der Waals surface area contributed by atoms with Gasteiger partial charge < -0.3 is 15.0 Å². The van der Waals surface area contributed by atoms with Gasteiger partial charge >= 0.3 is 0 Å². The van der Waals surface area contributed by atoms with Crippen LogP contribution in [0.25, 0.3) is 11.0 Å². The highest BCUT2D eigenvalue weighted by Gasteiger charge is 2.26. The minimum absolute atomic E-state index is 0.109. The molecule has 0 fully saturated rings. The molecule has 1 aliphatic heterocycles. The van der Waals surface area contributed by atoms with Gasteiger partial charge in [0, 0.05) is 35.1 Å².